The van der Waals surface area contributed by atoms with Gasteiger partial charge in [0.2, 0.25) is 0 Å². The molecule has 184 valence electrons. The van der Waals surface area contributed by atoms with E-state index in [9.17, 15) is 16.8 Å². The summed E-state index contributed by atoms with van der Waals surface area (Å²) in [7, 11) is -7.97. The Hall–Kier alpha value is -1.74. The van der Waals surface area contributed by atoms with Gasteiger partial charge in [0.05, 0.1) is 22.0 Å². The van der Waals surface area contributed by atoms with Crippen LogP contribution < -0.4 is 0 Å². The van der Waals surface area contributed by atoms with Crippen molar-refractivity contribution in [1.82, 2.24) is 0 Å². The first-order chi connectivity index (χ1) is 14.9. The van der Waals surface area contributed by atoms with Gasteiger partial charge in [0, 0.05) is 6.42 Å². The van der Waals surface area contributed by atoms with Gasteiger partial charge in [-0.25, -0.2) is 0 Å². The quantitative estimate of drug-likeness (QED) is 0.445. The lowest BCUT2D eigenvalue weighted by Gasteiger charge is -2.21. The molecule has 2 rings (SSSR count). The van der Waals surface area contributed by atoms with Crippen LogP contribution in [0.1, 0.15) is 72.9 Å². The van der Waals surface area contributed by atoms with E-state index in [1.807, 2.05) is 41.5 Å². The highest BCUT2D eigenvalue weighted by molar-refractivity contribution is 7.87. The lowest BCUT2D eigenvalue weighted by molar-refractivity contribution is 0.140. The Balaban J connectivity index is 2.02. The van der Waals surface area contributed by atoms with Crippen LogP contribution in [0.25, 0.3) is 0 Å². The summed E-state index contributed by atoms with van der Waals surface area (Å²) >= 11 is 0. The minimum Gasteiger partial charge on any atom is -0.263 e. The van der Waals surface area contributed by atoms with E-state index in [-0.39, 0.29) is 27.0 Å². The first-order valence-corrected chi connectivity index (χ1v) is 13.8. The molecule has 2 aromatic rings. The van der Waals surface area contributed by atoms with Crippen molar-refractivity contribution >= 4 is 20.2 Å². The van der Waals surface area contributed by atoms with Crippen molar-refractivity contribution in [2.75, 3.05) is 0 Å². The van der Waals surface area contributed by atoms with Gasteiger partial charge in [-0.05, 0) is 60.1 Å². The zero-order valence-electron chi connectivity index (χ0n) is 20.7. The summed E-state index contributed by atoms with van der Waals surface area (Å²) < 4.78 is 61.1. The molecule has 0 fully saturated rings. The predicted molar refractivity (Wildman–Crippen MR) is 130 cm³/mol. The molecule has 0 aromatic heterocycles. The second kappa shape index (κ2) is 9.86. The van der Waals surface area contributed by atoms with Crippen molar-refractivity contribution in [3.63, 3.8) is 0 Å². The van der Waals surface area contributed by atoms with Gasteiger partial charge in [-0.3, -0.25) is 8.37 Å². The van der Waals surface area contributed by atoms with Crippen molar-refractivity contribution in [2.24, 2.45) is 0 Å². The molecule has 0 aliphatic heterocycles. The molecule has 6 nitrogen and oxygen atoms in total. The minimum absolute atomic E-state index is 0.0579. The van der Waals surface area contributed by atoms with Crippen molar-refractivity contribution in [3.05, 3.63) is 59.7 Å². The van der Waals surface area contributed by atoms with Gasteiger partial charge in [-0.1, -0.05) is 65.8 Å². The lowest BCUT2D eigenvalue weighted by atomic mass is 9.87. The van der Waals surface area contributed by atoms with E-state index in [1.54, 1.807) is 38.1 Å². The standard InChI is InChI=1S/C25H36O6S2/c1-18(30-32(26,27)22-13-9-20(10-14-22)24(3,4)5)17-19(2)31-33(28,29)23-15-11-21(12-16-23)25(6,7)8/h9-16,18-19H,17H2,1-8H3. The Morgan fingerprint density at radius 2 is 0.879 bits per heavy atom. The maximum absolute atomic E-state index is 12.6. The molecule has 0 spiro atoms. The second-order valence-electron chi connectivity index (χ2n) is 10.5. The zero-order chi connectivity index (χ0) is 25.2. The van der Waals surface area contributed by atoms with Crippen LogP contribution in [0.2, 0.25) is 0 Å². The van der Waals surface area contributed by atoms with E-state index >= 15 is 0 Å². The first kappa shape index (κ1) is 27.5. The molecular weight excluding hydrogens is 460 g/mol. The average Bonchev–Trinajstić information content (AvgIpc) is 2.65. The van der Waals surface area contributed by atoms with Crippen molar-refractivity contribution in [2.45, 2.75) is 94.6 Å². The molecule has 0 N–H and O–H groups in total. The molecule has 33 heavy (non-hydrogen) atoms. The summed E-state index contributed by atoms with van der Waals surface area (Å²) in [4.78, 5) is 0.116. The highest BCUT2D eigenvalue weighted by atomic mass is 32.2. The number of benzene rings is 2. The minimum atomic E-state index is -3.99. The summed E-state index contributed by atoms with van der Waals surface area (Å²) in [6.07, 6.45) is -1.46. The molecule has 0 heterocycles. The van der Waals surface area contributed by atoms with Crippen LogP contribution in [0.4, 0.5) is 0 Å². The summed E-state index contributed by atoms with van der Waals surface area (Å²) in [6, 6.07) is 13.2. The van der Waals surface area contributed by atoms with E-state index in [0.29, 0.717) is 0 Å². The Bertz CT molecular complexity index is 1040. The SMILES string of the molecule is CC(CC(C)OS(=O)(=O)c1ccc(C(C)(C)C)cc1)OS(=O)(=O)c1ccc(C(C)(C)C)cc1. The largest absolute Gasteiger partial charge is 0.297 e. The second-order valence-corrected chi connectivity index (χ2v) is 13.7. The molecule has 0 radical (unpaired) electrons. The molecule has 8 heteroatoms. The molecular formula is C25H36O6S2. The molecule has 0 bridgehead atoms. The van der Waals surface area contributed by atoms with Gasteiger partial charge in [0.1, 0.15) is 0 Å². The monoisotopic (exact) mass is 496 g/mol. The smallest absolute Gasteiger partial charge is 0.263 e. The predicted octanol–water partition coefficient (Wildman–Crippen LogP) is 5.56. The summed E-state index contributed by atoms with van der Waals surface area (Å²) in [5.41, 5.74) is 1.83. The summed E-state index contributed by atoms with van der Waals surface area (Å²) in [5, 5.41) is 0. The maximum atomic E-state index is 12.6. The first-order valence-electron chi connectivity index (χ1n) is 11.0. The van der Waals surface area contributed by atoms with Gasteiger partial charge in [0.25, 0.3) is 20.2 Å². The Labute approximate surface area is 199 Å². The van der Waals surface area contributed by atoms with Crippen LogP contribution in [0.5, 0.6) is 0 Å². The number of hydrogen-bond acceptors (Lipinski definition) is 6. The van der Waals surface area contributed by atoms with E-state index in [0.717, 1.165) is 11.1 Å². The van der Waals surface area contributed by atoms with Crippen LogP contribution in [0, 0.1) is 0 Å². The molecule has 2 aromatic carbocycles. The highest BCUT2D eigenvalue weighted by Crippen LogP contribution is 2.26. The van der Waals surface area contributed by atoms with Gasteiger partial charge in [-0.15, -0.1) is 0 Å². The van der Waals surface area contributed by atoms with Crippen LogP contribution in [-0.2, 0) is 39.4 Å². The Kier molecular flexibility index (Phi) is 8.22. The Morgan fingerprint density at radius 3 is 1.12 bits per heavy atom. The van der Waals surface area contributed by atoms with Crippen molar-refractivity contribution < 1.29 is 25.2 Å². The third-order valence-corrected chi connectivity index (χ3v) is 8.13. The van der Waals surface area contributed by atoms with Crippen LogP contribution in [0.3, 0.4) is 0 Å². The molecule has 0 saturated heterocycles. The van der Waals surface area contributed by atoms with Crippen molar-refractivity contribution in [1.29, 1.82) is 0 Å². The van der Waals surface area contributed by atoms with Gasteiger partial charge < -0.3 is 0 Å². The van der Waals surface area contributed by atoms with E-state index in [4.69, 9.17) is 8.37 Å². The topological polar surface area (TPSA) is 86.7 Å². The lowest BCUT2D eigenvalue weighted by Crippen LogP contribution is -2.24. The molecule has 0 amide bonds. The number of rotatable bonds is 8. The average molecular weight is 497 g/mol. The van der Waals surface area contributed by atoms with E-state index < -0.39 is 32.4 Å². The fourth-order valence-electron chi connectivity index (χ4n) is 3.33. The van der Waals surface area contributed by atoms with Crippen molar-refractivity contribution in [3.8, 4) is 0 Å². The van der Waals surface area contributed by atoms with Crippen LogP contribution in [-0.4, -0.2) is 29.0 Å². The van der Waals surface area contributed by atoms with Crippen LogP contribution >= 0.6 is 0 Å². The molecule has 0 aliphatic carbocycles. The van der Waals surface area contributed by atoms with E-state index in [1.165, 1.54) is 24.3 Å². The van der Waals surface area contributed by atoms with E-state index in [2.05, 4.69) is 0 Å². The third kappa shape index (κ3) is 7.64. The summed E-state index contributed by atoms with van der Waals surface area (Å²) in [6.45, 7) is 15.4. The third-order valence-electron chi connectivity index (χ3n) is 5.26. The molecule has 0 saturated carbocycles. The molecule has 2 atom stereocenters. The highest BCUT2D eigenvalue weighted by Gasteiger charge is 2.25. The fraction of sp³-hybridized carbons (Fsp3) is 0.520. The maximum Gasteiger partial charge on any atom is 0.297 e. The summed E-state index contributed by atoms with van der Waals surface area (Å²) in [5.74, 6) is 0. The van der Waals surface area contributed by atoms with Gasteiger partial charge >= 0.3 is 0 Å². The molecule has 2 unspecified atom stereocenters. The zero-order valence-corrected chi connectivity index (χ0v) is 22.4. The fourth-order valence-corrected chi connectivity index (χ4v) is 5.52. The van der Waals surface area contributed by atoms with Crippen LogP contribution in [0.15, 0.2) is 58.3 Å². The Morgan fingerprint density at radius 1 is 0.606 bits per heavy atom. The van der Waals surface area contributed by atoms with Gasteiger partial charge in [0.15, 0.2) is 0 Å². The van der Waals surface area contributed by atoms with Gasteiger partial charge in [-0.2, -0.15) is 16.8 Å². The number of hydrogen-bond donors (Lipinski definition) is 0. The molecule has 0 aliphatic rings. The normalized spacial score (nSPS) is 15.3.